The number of rotatable bonds is 1. The lowest BCUT2D eigenvalue weighted by Crippen LogP contribution is -2.92. The van der Waals surface area contributed by atoms with E-state index in [2.05, 4.69) is 16.0 Å². The number of amides is 1. The van der Waals surface area contributed by atoms with Crippen LogP contribution in [0, 0.1) is 0 Å². The summed E-state index contributed by atoms with van der Waals surface area (Å²) in [6.07, 6.45) is 0. The third kappa shape index (κ3) is 3.74. The molecule has 76 valence electrons. The van der Waals surface area contributed by atoms with Gasteiger partial charge in [0.15, 0.2) is 0 Å². The molecule has 1 aliphatic heterocycles. The number of carbonyl (C=O) groups excluding carboxylic acids is 1. The highest BCUT2D eigenvalue weighted by molar-refractivity contribution is 5.82. The van der Waals surface area contributed by atoms with Crippen LogP contribution < -0.4 is 16.0 Å². The van der Waals surface area contributed by atoms with Crippen LogP contribution in [0.2, 0.25) is 0 Å². The zero-order valence-electron chi connectivity index (χ0n) is 8.68. The zero-order valence-corrected chi connectivity index (χ0v) is 8.68. The lowest BCUT2D eigenvalue weighted by atomic mass is 10.1. The SMILES string of the molecule is CC(C)(C)NC(=O)[C@H]1C[NH2+]CCN1. The van der Waals surface area contributed by atoms with Crippen LogP contribution in [0.4, 0.5) is 0 Å². The van der Waals surface area contributed by atoms with Gasteiger partial charge in [0.1, 0.15) is 12.6 Å². The van der Waals surface area contributed by atoms with Crippen molar-refractivity contribution < 1.29 is 10.1 Å². The van der Waals surface area contributed by atoms with Gasteiger partial charge in [-0.05, 0) is 20.8 Å². The Bertz CT molecular complexity index is 180. The summed E-state index contributed by atoms with van der Waals surface area (Å²) < 4.78 is 0. The fourth-order valence-corrected chi connectivity index (χ4v) is 1.38. The molecule has 4 heteroatoms. The van der Waals surface area contributed by atoms with Crippen molar-refractivity contribution in [2.24, 2.45) is 0 Å². The maximum Gasteiger partial charge on any atom is 0.243 e. The predicted octanol–water partition coefficient (Wildman–Crippen LogP) is -1.56. The van der Waals surface area contributed by atoms with E-state index in [9.17, 15) is 4.79 Å². The molecule has 1 amide bonds. The van der Waals surface area contributed by atoms with E-state index in [0.717, 1.165) is 19.6 Å². The molecule has 0 unspecified atom stereocenters. The Kier molecular flexibility index (Phi) is 3.27. The van der Waals surface area contributed by atoms with Crippen LogP contribution in [0.5, 0.6) is 0 Å². The Labute approximate surface area is 79.5 Å². The molecule has 0 aromatic carbocycles. The van der Waals surface area contributed by atoms with Crippen LogP contribution in [-0.4, -0.2) is 37.1 Å². The van der Waals surface area contributed by atoms with Gasteiger partial charge in [0.2, 0.25) is 5.91 Å². The van der Waals surface area contributed by atoms with E-state index in [-0.39, 0.29) is 17.5 Å². The maximum absolute atomic E-state index is 11.6. The van der Waals surface area contributed by atoms with Crippen molar-refractivity contribution >= 4 is 5.91 Å². The van der Waals surface area contributed by atoms with E-state index >= 15 is 0 Å². The van der Waals surface area contributed by atoms with Crippen molar-refractivity contribution in [1.29, 1.82) is 0 Å². The summed E-state index contributed by atoms with van der Waals surface area (Å²) in [6.45, 7) is 8.83. The van der Waals surface area contributed by atoms with Crippen LogP contribution in [0.1, 0.15) is 20.8 Å². The first-order chi connectivity index (χ1) is 5.99. The lowest BCUT2D eigenvalue weighted by molar-refractivity contribution is -0.660. The monoisotopic (exact) mass is 186 g/mol. The maximum atomic E-state index is 11.6. The fourth-order valence-electron chi connectivity index (χ4n) is 1.38. The Morgan fingerprint density at radius 2 is 2.23 bits per heavy atom. The molecule has 0 aliphatic carbocycles. The summed E-state index contributed by atoms with van der Waals surface area (Å²) in [5.41, 5.74) is -0.129. The molecule has 1 rings (SSSR count). The molecule has 13 heavy (non-hydrogen) atoms. The van der Waals surface area contributed by atoms with Gasteiger partial charge < -0.3 is 10.6 Å². The van der Waals surface area contributed by atoms with Crippen LogP contribution in [-0.2, 0) is 4.79 Å². The molecule has 0 bridgehead atoms. The summed E-state index contributed by atoms with van der Waals surface area (Å²) in [5, 5.41) is 8.34. The third-order valence-corrected chi connectivity index (χ3v) is 1.96. The van der Waals surface area contributed by atoms with Gasteiger partial charge in [0.25, 0.3) is 0 Å². The highest BCUT2D eigenvalue weighted by atomic mass is 16.2. The Balaban J connectivity index is 2.38. The minimum absolute atomic E-state index is 0.0204. The molecule has 1 atom stereocenters. The molecule has 0 saturated carbocycles. The standard InChI is InChI=1S/C9H19N3O/c1-9(2,3)12-8(13)7-6-10-4-5-11-7/h7,10-11H,4-6H2,1-3H3,(H,12,13)/p+1/t7-/m1/s1. The summed E-state index contributed by atoms with van der Waals surface area (Å²) in [4.78, 5) is 11.6. The second kappa shape index (κ2) is 4.07. The van der Waals surface area contributed by atoms with Crippen molar-refractivity contribution in [3.05, 3.63) is 0 Å². The molecule has 0 aromatic heterocycles. The quantitative estimate of drug-likeness (QED) is 0.464. The van der Waals surface area contributed by atoms with Gasteiger partial charge in [0.05, 0.1) is 6.54 Å². The normalized spacial score (nSPS) is 24.1. The van der Waals surface area contributed by atoms with Gasteiger partial charge in [0, 0.05) is 12.1 Å². The lowest BCUT2D eigenvalue weighted by Gasteiger charge is -2.26. The molecule has 4 nitrogen and oxygen atoms in total. The fraction of sp³-hybridized carbons (Fsp3) is 0.889. The van der Waals surface area contributed by atoms with E-state index < -0.39 is 0 Å². The zero-order chi connectivity index (χ0) is 9.90. The molecule has 4 N–H and O–H groups in total. The average Bonchev–Trinajstić information content (AvgIpc) is 2.03. The van der Waals surface area contributed by atoms with Gasteiger partial charge in [-0.1, -0.05) is 0 Å². The Hall–Kier alpha value is -0.610. The van der Waals surface area contributed by atoms with Crippen molar-refractivity contribution in [2.45, 2.75) is 32.4 Å². The molecule has 0 spiro atoms. The predicted molar refractivity (Wildman–Crippen MR) is 51.3 cm³/mol. The van der Waals surface area contributed by atoms with Crippen LogP contribution >= 0.6 is 0 Å². The molecule has 1 aliphatic rings. The Morgan fingerprint density at radius 3 is 2.69 bits per heavy atom. The van der Waals surface area contributed by atoms with Crippen molar-refractivity contribution in [3.8, 4) is 0 Å². The molecule has 1 heterocycles. The van der Waals surface area contributed by atoms with Crippen LogP contribution in [0.3, 0.4) is 0 Å². The highest BCUT2D eigenvalue weighted by Crippen LogP contribution is 1.99. The first-order valence-corrected chi connectivity index (χ1v) is 4.86. The third-order valence-electron chi connectivity index (χ3n) is 1.96. The first kappa shape index (κ1) is 10.5. The van der Waals surface area contributed by atoms with Crippen molar-refractivity contribution in [2.75, 3.05) is 19.6 Å². The van der Waals surface area contributed by atoms with E-state index in [0.29, 0.717) is 0 Å². The number of nitrogens with two attached hydrogens (primary N) is 1. The molecule has 0 radical (unpaired) electrons. The molecular weight excluding hydrogens is 166 g/mol. The summed E-state index contributed by atoms with van der Waals surface area (Å²) in [7, 11) is 0. The van der Waals surface area contributed by atoms with E-state index in [1.165, 1.54) is 0 Å². The largest absolute Gasteiger partial charge is 0.350 e. The number of hydrogen-bond donors (Lipinski definition) is 3. The smallest absolute Gasteiger partial charge is 0.243 e. The summed E-state index contributed by atoms with van der Waals surface area (Å²) in [5.74, 6) is 0.114. The molecule has 1 fully saturated rings. The van der Waals surface area contributed by atoms with Crippen LogP contribution in [0.25, 0.3) is 0 Å². The minimum Gasteiger partial charge on any atom is -0.350 e. The second-order valence-corrected chi connectivity index (χ2v) is 4.56. The molecule has 1 saturated heterocycles. The molecule has 0 aromatic rings. The number of piperazine rings is 1. The Morgan fingerprint density at radius 1 is 1.54 bits per heavy atom. The van der Waals surface area contributed by atoms with Gasteiger partial charge in [-0.15, -0.1) is 0 Å². The second-order valence-electron chi connectivity index (χ2n) is 4.56. The van der Waals surface area contributed by atoms with E-state index in [1.54, 1.807) is 0 Å². The van der Waals surface area contributed by atoms with E-state index in [4.69, 9.17) is 0 Å². The number of carbonyl (C=O) groups is 1. The molecular formula is C9H20N3O+. The topological polar surface area (TPSA) is 57.7 Å². The van der Waals surface area contributed by atoms with Crippen LogP contribution in [0.15, 0.2) is 0 Å². The van der Waals surface area contributed by atoms with Gasteiger partial charge in [-0.3, -0.25) is 10.1 Å². The van der Waals surface area contributed by atoms with Gasteiger partial charge >= 0.3 is 0 Å². The highest BCUT2D eigenvalue weighted by Gasteiger charge is 2.25. The van der Waals surface area contributed by atoms with Crippen molar-refractivity contribution in [1.82, 2.24) is 10.6 Å². The average molecular weight is 186 g/mol. The number of nitrogens with one attached hydrogen (secondary N) is 2. The first-order valence-electron chi connectivity index (χ1n) is 4.86. The van der Waals surface area contributed by atoms with Gasteiger partial charge in [-0.25, -0.2) is 0 Å². The summed E-state index contributed by atoms with van der Waals surface area (Å²) in [6, 6.07) is -0.0204. The summed E-state index contributed by atoms with van der Waals surface area (Å²) >= 11 is 0. The number of quaternary nitrogens is 1. The van der Waals surface area contributed by atoms with Crippen molar-refractivity contribution in [3.63, 3.8) is 0 Å². The minimum atomic E-state index is -0.129. The van der Waals surface area contributed by atoms with Gasteiger partial charge in [-0.2, -0.15) is 0 Å². The van der Waals surface area contributed by atoms with E-state index in [1.807, 2.05) is 20.8 Å². The number of hydrogen-bond acceptors (Lipinski definition) is 2.